The van der Waals surface area contributed by atoms with Crippen molar-refractivity contribution in [3.63, 3.8) is 0 Å². The number of hydrogen-bond donors (Lipinski definition) is 1. The Balaban J connectivity index is 2.74. The van der Waals surface area contributed by atoms with Crippen molar-refractivity contribution in [2.45, 2.75) is 52.5 Å². The number of nitrogen functional groups attached to an aromatic ring is 1. The minimum atomic E-state index is -0.128. The molecule has 0 aliphatic carbocycles. The van der Waals surface area contributed by atoms with Crippen LogP contribution in [0.25, 0.3) is 11.3 Å². The number of halogens is 1. The van der Waals surface area contributed by atoms with Crippen LogP contribution in [-0.4, -0.2) is 9.55 Å². The van der Waals surface area contributed by atoms with Crippen LogP contribution in [0, 0.1) is 0 Å². The Labute approximate surface area is 132 Å². The number of rotatable bonds is 1. The molecule has 4 heteroatoms. The molecular formula is C17H24ClN3. The Morgan fingerprint density at radius 1 is 1.10 bits per heavy atom. The third kappa shape index (κ3) is 3.08. The van der Waals surface area contributed by atoms with Crippen molar-refractivity contribution in [2.75, 3.05) is 5.73 Å². The molecule has 21 heavy (non-hydrogen) atoms. The zero-order chi connectivity index (χ0) is 16.0. The monoisotopic (exact) mass is 305 g/mol. The minimum Gasteiger partial charge on any atom is -0.383 e. The van der Waals surface area contributed by atoms with E-state index in [1.165, 1.54) is 0 Å². The number of aromatic nitrogens is 2. The summed E-state index contributed by atoms with van der Waals surface area (Å²) < 4.78 is 2.13. The van der Waals surface area contributed by atoms with Crippen LogP contribution < -0.4 is 5.73 Å². The van der Waals surface area contributed by atoms with Gasteiger partial charge in [0, 0.05) is 21.5 Å². The van der Waals surface area contributed by atoms with Gasteiger partial charge in [-0.3, -0.25) is 0 Å². The van der Waals surface area contributed by atoms with Crippen LogP contribution in [0.4, 0.5) is 5.82 Å². The minimum absolute atomic E-state index is 0.0851. The largest absolute Gasteiger partial charge is 0.383 e. The van der Waals surface area contributed by atoms with Gasteiger partial charge in [0.1, 0.15) is 17.3 Å². The van der Waals surface area contributed by atoms with Crippen molar-refractivity contribution in [3.8, 4) is 11.3 Å². The standard InChI is InChI=1S/C17H24ClN3/c1-16(2,3)15-20-13(11-8-7-9-12(18)10-11)14(19)21(15)17(4,5)6/h7-10H,19H2,1-6H3. The average Bonchev–Trinajstić information content (AvgIpc) is 2.66. The van der Waals surface area contributed by atoms with E-state index in [9.17, 15) is 0 Å². The van der Waals surface area contributed by atoms with Gasteiger partial charge in [-0.15, -0.1) is 0 Å². The fourth-order valence-corrected chi connectivity index (χ4v) is 2.65. The molecule has 0 atom stereocenters. The second-order valence-electron chi connectivity index (χ2n) is 7.44. The van der Waals surface area contributed by atoms with Gasteiger partial charge in [0.05, 0.1) is 0 Å². The molecule has 1 aromatic heterocycles. The number of nitrogens with two attached hydrogens (primary N) is 1. The second kappa shape index (κ2) is 5.06. The highest BCUT2D eigenvalue weighted by molar-refractivity contribution is 6.30. The van der Waals surface area contributed by atoms with E-state index in [0.717, 1.165) is 17.1 Å². The maximum atomic E-state index is 6.43. The highest BCUT2D eigenvalue weighted by atomic mass is 35.5. The van der Waals surface area contributed by atoms with Crippen LogP contribution in [0.2, 0.25) is 5.02 Å². The van der Waals surface area contributed by atoms with Gasteiger partial charge in [-0.05, 0) is 32.9 Å². The summed E-state index contributed by atoms with van der Waals surface area (Å²) in [6, 6.07) is 7.67. The van der Waals surface area contributed by atoms with Crippen molar-refractivity contribution in [3.05, 3.63) is 35.1 Å². The number of anilines is 1. The molecule has 3 nitrogen and oxygen atoms in total. The first-order valence-electron chi connectivity index (χ1n) is 7.17. The predicted octanol–water partition coefficient (Wildman–Crippen LogP) is 4.84. The number of nitrogens with zero attached hydrogens (tertiary/aromatic N) is 2. The molecule has 0 bridgehead atoms. The topological polar surface area (TPSA) is 43.8 Å². The van der Waals surface area contributed by atoms with E-state index < -0.39 is 0 Å². The average molecular weight is 306 g/mol. The molecule has 0 aliphatic rings. The summed E-state index contributed by atoms with van der Waals surface area (Å²) in [6.07, 6.45) is 0. The van der Waals surface area contributed by atoms with Crippen molar-refractivity contribution < 1.29 is 0 Å². The highest BCUT2D eigenvalue weighted by Crippen LogP contribution is 2.36. The Morgan fingerprint density at radius 3 is 2.14 bits per heavy atom. The fraction of sp³-hybridized carbons (Fsp3) is 0.471. The summed E-state index contributed by atoms with van der Waals surface area (Å²) in [5, 5.41) is 0.689. The fourth-order valence-electron chi connectivity index (χ4n) is 2.46. The van der Waals surface area contributed by atoms with Gasteiger partial charge in [-0.25, -0.2) is 4.98 Å². The third-order valence-electron chi connectivity index (χ3n) is 3.35. The second-order valence-corrected chi connectivity index (χ2v) is 7.87. The van der Waals surface area contributed by atoms with Gasteiger partial charge in [0.15, 0.2) is 0 Å². The number of imidazole rings is 1. The van der Waals surface area contributed by atoms with Crippen molar-refractivity contribution in [2.24, 2.45) is 0 Å². The predicted molar refractivity (Wildman–Crippen MR) is 90.8 cm³/mol. The molecule has 1 aromatic carbocycles. The lowest BCUT2D eigenvalue weighted by molar-refractivity contribution is 0.359. The first-order valence-corrected chi connectivity index (χ1v) is 7.55. The van der Waals surface area contributed by atoms with Gasteiger partial charge in [0.25, 0.3) is 0 Å². The Kier molecular flexibility index (Phi) is 3.83. The molecule has 0 saturated heterocycles. The van der Waals surface area contributed by atoms with Crippen molar-refractivity contribution in [1.82, 2.24) is 9.55 Å². The van der Waals surface area contributed by atoms with Gasteiger partial charge in [-0.1, -0.05) is 44.5 Å². The van der Waals surface area contributed by atoms with Crippen LogP contribution in [-0.2, 0) is 11.0 Å². The lowest BCUT2D eigenvalue weighted by Gasteiger charge is -2.29. The van der Waals surface area contributed by atoms with Gasteiger partial charge in [0.2, 0.25) is 0 Å². The van der Waals surface area contributed by atoms with E-state index in [1.807, 2.05) is 24.3 Å². The molecule has 0 aliphatic heterocycles. The molecule has 114 valence electrons. The summed E-state index contributed by atoms with van der Waals surface area (Å²) in [6.45, 7) is 12.9. The van der Waals surface area contributed by atoms with E-state index in [4.69, 9.17) is 22.3 Å². The quantitative estimate of drug-likeness (QED) is 0.819. The number of hydrogen-bond acceptors (Lipinski definition) is 2. The molecule has 0 fully saturated rings. The zero-order valence-corrected chi connectivity index (χ0v) is 14.4. The lowest BCUT2D eigenvalue weighted by atomic mass is 9.94. The molecular weight excluding hydrogens is 282 g/mol. The summed E-state index contributed by atoms with van der Waals surface area (Å²) in [4.78, 5) is 4.84. The number of benzene rings is 1. The van der Waals surface area contributed by atoms with Gasteiger partial charge in [-0.2, -0.15) is 0 Å². The molecule has 0 radical (unpaired) electrons. The Morgan fingerprint density at radius 2 is 1.71 bits per heavy atom. The lowest BCUT2D eigenvalue weighted by Crippen LogP contribution is -2.30. The van der Waals surface area contributed by atoms with E-state index in [-0.39, 0.29) is 11.0 Å². The molecule has 0 amide bonds. The smallest absolute Gasteiger partial charge is 0.132 e. The summed E-state index contributed by atoms with van der Waals surface area (Å²) >= 11 is 6.10. The van der Waals surface area contributed by atoms with Gasteiger partial charge >= 0.3 is 0 Å². The summed E-state index contributed by atoms with van der Waals surface area (Å²) in [5.41, 5.74) is 7.97. The molecule has 0 unspecified atom stereocenters. The molecule has 2 rings (SSSR count). The maximum absolute atomic E-state index is 6.43. The molecule has 0 saturated carbocycles. The third-order valence-corrected chi connectivity index (χ3v) is 3.59. The molecule has 0 spiro atoms. The zero-order valence-electron chi connectivity index (χ0n) is 13.7. The van der Waals surface area contributed by atoms with Crippen molar-refractivity contribution in [1.29, 1.82) is 0 Å². The van der Waals surface area contributed by atoms with Crippen molar-refractivity contribution >= 4 is 17.4 Å². The SMILES string of the molecule is CC(C)(C)c1nc(-c2cccc(Cl)c2)c(N)n1C(C)(C)C. The normalized spacial score (nSPS) is 12.7. The van der Waals surface area contributed by atoms with Crippen LogP contribution in [0.5, 0.6) is 0 Å². The van der Waals surface area contributed by atoms with Crippen LogP contribution in [0.1, 0.15) is 47.4 Å². The molecule has 1 heterocycles. The van der Waals surface area contributed by atoms with Crippen LogP contribution >= 0.6 is 11.6 Å². The molecule has 2 N–H and O–H groups in total. The Hall–Kier alpha value is -1.48. The summed E-state index contributed by atoms with van der Waals surface area (Å²) in [5.74, 6) is 1.68. The Bertz CT molecular complexity index is 658. The van der Waals surface area contributed by atoms with Crippen LogP contribution in [0.3, 0.4) is 0 Å². The van der Waals surface area contributed by atoms with E-state index in [0.29, 0.717) is 10.8 Å². The highest BCUT2D eigenvalue weighted by Gasteiger charge is 2.30. The van der Waals surface area contributed by atoms with E-state index in [2.05, 4.69) is 46.1 Å². The van der Waals surface area contributed by atoms with Crippen LogP contribution in [0.15, 0.2) is 24.3 Å². The first kappa shape index (κ1) is 15.9. The van der Waals surface area contributed by atoms with Gasteiger partial charge < -0.3 is 10.3 Å². The van der Waals surface area contributed by atoms with E-state index >= 15 is 0 Å². The van der Waals surface area contributed by atoms with E-state index in [1.54, 1.807) is 0 Å². The molecule has 2 aromatic rings. The first-order chi connectivity index (χ1) is 9.51. The maximum Gasteiger partial charge on any atom is 0.132 e. The summed E-state index contributed by atoms with van der Waals surface area (Å²) in [7, 11) is 0.